The molecule has 3 N–H and O–H groups in total. The summed E-state index contributed by atoms with van der Waals surface area (Å²) in [6.07, 6.45) is 8.99. The van der Waals surface area contributed by atoms with Crippen molar-refractivity contribution in [3.63, 3.8) is 0 Å². The third-order valence-corrected chi connectivity index (χ3v) is 15.8. The van der Waals surface area contributed by atoms with Crippen molar-refractivity contribution in [2.45, 2.75) is 206 Å². The van der Waals surface area contributed by atoms with Crippen LogP contribution in [-0.4, -0.2) is 141 Å². The molecule has 0 aromatic carbocycles. The van der Waals surface area contributed by atoms with Crippen LogP contribution in [-0.2, 0) is 47.7 Å². The highest BCUT2D eigenvalue weighted by molar-refractivity contribution is 6.39. The van der Waals surface area contributed by atoms with Crippen molar-refractivity contribution < 1.29 is 57.9 Å². The standard InChI is InChI=1S/C52H83N5O12/c1-30-16-12-11-13-17-31(2)42(65-8)28-38-21-19-36(7)52(64,69-38)48(61)50(62)57-23-15-14-18-40(57)51(63)68-43(33(4)26-37-20-22-39(44(27-37)66-9)49-53-55-56-54-49)29-41(58)32(3)25-35(6)46(60)47(67-10)45(59)34(5)24-30/h17,25,30,32-34,36-40,42-44,46-47,60,64H,11-16,18-24,26-29H2,1-10H3,(H,53,54,55,56)/b31-17-,35-25-/t30-,32-,33-,34-,36-,37+,38+,39+,40+,42+,43+,44-,46-,47+,52-/m1/s1. The van der Waals surface area contributed by atoms with Crippen molar-refractivity contribution in [3.05, 3.63) is 29.1 Å². The third kappa shape index (κ3) is 14.5. The highest BCUT2D eigenvalue weighted by Crippen LogP contribution is 2.41. The van der Waals surface area contributed by atoms with Gasteiger partial charge in [-0.1, -0.05) is 64.8 Å². The summed E-state index contributed by atoms with van der Waals surface area (Å²) in [4.78, 5) is 72.4. The molecule has 4 heterocycles. The van der Waals surface area contributed by atoms with Gasteiger partial charge < -0.3 is 38.8 Å². The lowest BCUT2D eigenvalue weighted by molar-refractivity contribution is -0.265. The Balaban J connectivity index is 1.44. The van der Waals surface area contributed by atoms with Gasteiger partial charge in [-0.15, -0.1) is 10.2 Å². The number of hydrogen-bond acceptors (Lipinski definition) is 15. The number of esters is 1. The van der Waals surface area contributed by atoms with E-state index in [9.17, 15) is 34.2 Å². The molecule has 2 saturated heterocycles. The Morgan fingerprint density at radius 1 is 0.884 bits per heavy atom. The molecule has 0 radical (unpaired) electrons. The zero-order valence-electron chi connectivity index (χ0n) is 43.0. The molecule has 17 nitrogen and oxygen atoms in total. The number of tetrazole rings is 1. The van der Waals surface area contributed by atoms with Crippen LogP contribution < -0.4 is 0 Å². The van der Waals surface area contributed by atoms with Crippen molar-refractivity contribution in [2.75, 3.05) is 27.9 Å². The second-order valence-electron chi connectivity index (χ2n) is 21.1. The number of ether oxygens (including phenoxy) is 5. The summed E-state index contributed by atoms with van der Waals surface area (Å²) in [5.74, 6) is -6.90. The Hall–Kier alpha value is -3.74. The molecule has 3 aliphatic heterocycles. The molecule has 5 rings (SSSR count). The predicted molar refractivity (Wildman–Crippen MR) is 256 cm³/mol. The molecule has 388 valence electrons. The second-order valence-corrected chi connectivity index (χ2v) is 21.1. The lowest BCUT2D eigenvalue weighted by Gasteiger charge is -2.42. The number of Topliss-reactive ketones (excluding diaryl/α,β-unsaturated/α-hetero) is 3. The molecule has 1 aromatic rings. The number of allylic oxidation sites excluding steroid dienone is 2. The second kappa shape index (κ2) is 26.1. The number of aliphatic hydroxyl groups is 2. The van der Waals surface area contributed by atoms with E-state index in [2.05, 4.69) is 33.6 Å². The maximum Gasteiger partial charge on any atom is 0.329 e. The van der Waals surface area contributed by atoms with Crippen molar-refractivity contribution in [1.82, 2.24) is 25.5 Å². The molecule has 1 amide bonds. The number of ketones is 3. The first-order valence-electron chi connectivity index (χ1n) is 25.7. The lowest BCUT2D eigenvalue weighted by Crippen LogP contribution is -2.61. The lowest BCUT2D eigenvalue weighted by atomic mass is 9.75. The molecule has 0 spiro atoms. The average Bonchev–Trinajstić information content (AvgIpc) is 3.88. The summed E-state index contributed by atoms with van der Waals surface area (Å²) < 4.78 is 30.0. The molecule has 17 heteroatoms. The third-order valence-electron chi connectivity index (χ3n) is 15.8. The first-order valence-corrected chi connectivity index (χ1v) is 25.7. The van der Waals surface area contributed by atoms with Crippen molar-refractivity contribution in [3.8, 4) is 0 Å². The summed E-state index contributed by atoms with van der Waals surface area (Å²) >= 11 is 0. The number of rotatable bonds is 7. The highest BCUT2D eigenvalue weighted by atomic mass is 16.6. The number of carbonyl (C=O) groups excluding carboxylic acids is 5. The van der Waals surface area contributed by atoms with Gasteiger partial charge in [-0.2, -0.15) is 5.21 Å². The first kappa shape index (κ1) is 56.2. The fourth-order valence-corrected chi connectivity index (χ4v) is 11.3. The smallest absolute Gasteiger partial charge is 0.329 e. The van der Waals surface area contributed by atoms with E-state index < -0.39 is 65.7 Å². The first-order chi connectivity index (χ1) is 32.8. The largest absolute Gasteiger partial charge is 0.460 e. The number of aromatic amines is 1. The van der Waals surface area contributed by atoms with Gasteiger partial charge in [0.05, 0.1) is 18.3 Å². The number of nitrogens with one attached hydrogen (secondary N) is 1. The van der Waals surface area contributed by atoms with E-state index in [0.717, 1.165) is 44.1 Å². The monoisotopic (exact) mass is 970 g/mol. The van der Waals surface area contributed by atoms with Crippen LogP contribution in [0.3, 0.4) is 0 Å². The summed E-state index contributed by atoms with van der Waals surface area (Å²) in [6, 6.07) is -1.13. The SMILES string of the molecule is CO[C@H]1C[C@@H]2CC[C@@H](C)[C@@](O)(O2)C(=O)C(=O)N2CCCC[C@H]2C(=O)O[C@H]([C@H](C)C[C@@H]2CC[C@H](c3nn[nH]n3)[C@H](OC)C2)CC(=O)[C@H](C)/C=C(/C)[C@@H](O)[C@@H](OC)C(=O)[C@H](C)C[C@H](C)CCCC/C=C\1C. The van der Waals surface area contributed by atoms with E-state index in [1.807, 2.05) is 20.8 Å². The average molecular weight is 970 g/mol. The number of H-pyrrole nitrogens is 1. The number of piperidine rings is 1. The number of fused-ring (bicyclic) bond motifs is 3. The van der Waals surface area contributed by atoms with E-state index in [0.29, 0.717) is 62.8 Å². The predicted octanol–water partition coefficient (Wildman–Crippen LogP) is 6.56. The van der Waals surface area contributed by atoms with Gasteiger partial charge in [-0.05, 0) is 120 Å². The summed E-state index contributed by atoms with van der Waals surface area (Å²) in [7, 11) is 4.68. The number of cyclic esters (lactones) is 1. The highest BCUT2D eigenvalue weighted by Gasteiger charge is 2.53. The fourth-order valence-electron chi connectivity index (χ4n) is 11.3. The normalized spacial score (nSPS) is 38.3. The topological polar surface area (TPSA) is 230 Å². The zero-order chi connectivity index (χ0) is 50.6. The number of hydrogen-bond donors (Lipinski definition) is 3. The van der Waals surface area contributed by atoms with Crippen LogP contribution in [0.25, 0.3) is 0 Å². The van der Waals surface area contributed by atoms with Gasteiger partial charge in [0, 0.05) is 64.4 Å². The summed E-state index contributed by atoms with van der Waals surface area (Å²) in [5.41, 5.74) is 1.41. The molecule has 15 atom stereocenters. The zero-order valence-corrected chi connectivity index (χ0v) is 43.0. The van der Waals surface area contributed by atoms with Gasteiger partial charge in [-0.25, -0.2) is 4.79 Å². The Bertz CT molecular complexity index is 1930. The molecule has 1 aromatic heterocycles. The van der Waals surface area contributed by atoms with E-state index in [-0.39, 0.29) is 72.8 Å². The molecule has 4 aliphatic rings. The number of carbonyl (C=O) groups is 5. The van der Waals surface area contributed by atoms with Crippen LogP contribution >= 0.6 is 0 Å². The van der Waals surface area contributed by atoms with Crippen molar-refractivity contribution in [1.29, 1.82) is 0 Å². The van der Waals surface area contributed by atoms with Crippen molar-refractivity contribution in [2.24, 2.45) is 35.5 Å². The van der Waals surface area contributed by atoms with E-state index in [1.165, 1.54) is 12.0 Å². The molecular formula is C52H83N5O12. The Morgan fingerprint density at radius 3 is 2.30 bits per heavy atom. The van der Waals surface area contributed by atoms with Crippen molar-refractivity contribution >= 4 is 29.2 Å². The number of amides is 1. The van der Waals surface area contributed by atoms with Crippen LogP contribution in [0.5, 0.6) is 0 Å². The molecule has 3 fully saturated rings. The molecule has 2 bridgehead atoms. The van der Waals surface area contributed by atoms with Gasteiger partial charge in [-0.3, -0.25) is 19.2 Å². The van der Waals surface area contributed by atoms with Crippen LogP contribution in [0.15, 0.2) is 23.3 Å². The van der Waals surface area contributed by atoms with Crippen LogP contribution in [0.4, 0.5) is 0 Å². The Morgan fingerprint density at radius 2 is 1.62 bits per heavy atom. The van der Waals surface area contributed by atoms with E-state index in [1.54, 1.807) is 41.1 Å². The number of nitrogens with zero attached hydrogens (tertiary/aromatic N) is 4. The maximum absolute atomic E-state index is 14.5. The minimum absolute atomic E-state index is 0.0434. The number of aliphatic hydroxyl groups excluding tert-OH is 1. The molecule has 0 unspecified atom stereocenters. The minimum atomic E-state index is -2.41. The molecule has 1 saturated carbocycles. The van der Waals surface area contributed by atoms with Crippen LogP contribution in [0.1, 0.15) is 163 Å². The Kier molecular flexibility index (Phi) is 21.3. The van der Waals surface area contributed by atoms with E-state index >= 15 is 0 Å². The van der Waals surface area contributed by atoms with Gasteiger partial charge >= 0.3 is 5.97 Å². The maximum atomic E-state index is 14.5. The van der Waals surface area contributed by atoms with Gasteiger partial charge in [0.15, 0.2) is 11.6 Å². The van der Waals surface area contributed by atoms with Gasteiger partial charge in [0.2, 0.25) is 5.79 Å². The number of methoxy groups -OCH3 is 3. The fraction of sp³-hybridized carbons (Fsp3) is 0.808. The minimum Gasteiger partial charge on any atom is -0.460 e. The van der Waals surface area contributed by atoms with Crippen LogP contribution in [0, 0.1) is 35.5 Å². The summed E-state index contributed by atoms with van der Waals surface area (Å²) in [5, 5.41) is 38.2. The summed E-state index contributed by atoms with van der Waals surface area (Å²) in [6.45, 7) is 13.1. The van der Waals surface area contributed by atoms with E-state index in [4.69, 9.17) is 23.7 Å². The van der Waals surface area contributed by atoms with Gasteiger partial charge in [0.1, 0.15) is 30.1 Å². The molecular weight excluding hydrogens is 887 g/mol. The van der Waals surface area contributed by atoms with Crippen LogP contribution in [0.2, 0.25) is 0 Å². The molecule has 1 aliphatic carbocycles. The number of aromatic nitrogens is 4. The Labute approximate surface area is 409 Å². The quantitative estimate of drug-likeness (QED) is 0.149. The molecule has 69 heavy (non-hydrogen) atoms. The van der Waals surface area contributed by atoms with Gasteiger partial charge in [0.25, 0.3) is 11.7 Å².